The Labute approximate surface area is 152 Å². The lowest BCUT2D eigenvalue weighted by Gasteiger charge is -2.30. The molecule has 0 saturated carbocycles. The summed E-state index contributed by atoms with van der Waals surface area (Å²) in [5.74, 6) is 0. The van der Waals surface area contributed by atoms with Crippen molar-refractivity contribution in [1.82, 2.24) is 0 Å². The number of nitriles is 1. The standard InChI is InChI=1S/C19H22ClN3O2/c1-10-6-12(8-21)7-14(20)13(10)9-22-15-16(18(25)17(15)24)23-11(2)19(3,4)5/h6-7,11,22-23H,9H2,1-5H3/t11-/m1/s1. The Morgan fingerprint density at radius 1 is 1.20 bits per heavy atom. The maximum atomic E-state index is 11.9. The number of nitrogens with zero attached hydrogens (tertiary/aromatic N) is 1. The van der Waals surface area contributed by atoms with E-state index >= 15 is 0 Å². The highest BCUT2D eigenvalue weighted by Crippen LogP contribution is 2.27. The molecule has 2 aromatic rings. The summed E-state index contributed by atoms with van der Waals surface area (Å²) in [5.41, 5.74) is 1.69. The lowest BCUT2D eigenvalue weighted by Crippen LogP contribution is -2.42. The Morgan fingerprint density at radius 3 is 2.32 bits per heavy atom. The first-order valence-electron chi connectivity index (χ1n) is 8.09. The molecule has 0 spiro atoms. The van der Waals surface area contributed by atoms with E-state index < -0.39 is 10.9 Å². The lowest BCUT2D eigenvalue weighted by molar-refractivity contribution is 0.359. The van der Waals surface area contributed by atoms with Crippen molar-refractivity contribution in [3.8, 4) is 6.07 Å². The predicted octanol–water partition coefficient (Wildman–Crippen LogP) is 3.57. The van der Waals surface area contributed by atoms with Crippen LogP contribution in [-0.4, -0.2) is 6.04 Å². The molecule has 0 heterocycles. The molecule has 0 saturated heterocycles. The normalized spacial score (nSPS) is 12.7. The molecular weight excluding hydrogens is 338 g/mol. The van der Waals surface area contributed by atoms with E-state index in [1.807, 2.05) is 13.8 Å². The highest BCUT2D eigenvalue weighted by Gasteiger charge is 2.26. The van der Waals surface area contributed by atoms with Crippen molar-refractivity contribution in [2.45, 2.75) is 47.2 Å². The fourth-order valence-electron chi connectivity index (χ4n) is 2.37. The maximum absolute atomic E-state index is 11.9. The van der Waals surface area contributed by atoms with E-state index in [-0.39, 0.29) is 11.5 Å². The van der Waals surface area contributed by atoms with Gasteiger partial charge in [-0.05, 0) is 42.5 Å². The molecule has 0 unspecified atom stereocenters. The second kappa shape index (κ2) is 6.89. The third-order valence-corrected chi connectivity index (χ3v) is 4.90. The van der Waals surface area contributed by atoms with E-state index in [9.17, 15) is 9.59 Å². The van der Waals surface area contributed by atoms with Gasteiger partial charge in [0.1, 0.15) is 11.4 Å². The summed E-state index contributed by atoms with van der Waals surface area (Å²) in [6, 6.07) is 5.41. The summed E-state index contributed by atoms with van der Waals surface area (Å²) in [4.78, 5) is 23.8. The summed E-state index contributed by atoms with van der Waals surface area (Å²) in [6.45, 7) is 10.3. The maximum Gasteiger partial charge on any atom is 0.253 e. The molecule has 0 amide bonds. The molecule has 6 heteroatoms. The number of nitrogens with one attached hydrogen (secondary N) is 2. The zero-order valence-electron chi connectivity index (χ0n) is 15.1. The van der Waals surface area contributed by atoms with E-state index in [0.717, 1.165) is 11.1 Å². The van der Waals surface area contributed by atoms with E-state index in [0.29, 0.717) is 28.5 Å². The summed E-state index contributed by atoms with van der Waals surface area (Å²) in [5, 5.41) is 15.6. The van der Waals surface area contributed by atoms with Crippen LogP contribution in [0.3, 0.4) is 0 Å². The van der Waals surface area contributed by atoms with Crippen LogP contribution in [0.25, 0.3) is 0 Å². The van der Waals surface area contributed by atoms with Gasteiger partial charge < -0.3 is 10.6 Å². The highest BCUT2D eigenvalue weighted by atomic mass is 35.5. The molecule has 0 aliphatic rings. The highest BCUT2D eigenvalue weighted by molar-refractivity contribution is 6.31. The molecule has 0 aliphatic carbocycles. The number of halogens is 1. The molecule has 0 aliphatic heterocycles. The van der Waals surface area contributed by atoms with Crippen molar-refractivity contribution >= 4 is 23.0 Å². The van der Waals surface area contributed by atoms with Crippen LogP contribution in [0.1, 0.15) is 44.4 Å². The SMILES string of the molecule is Cc1cc(C#N)cc(Cl)c1CNc1c(N[C@H](C)C(C)(C)C)c(=O)c1=O. The molecule has 2 aromatic carbocycles. The largest absolute Gasteiger partial charge is 0.377 e. The topological polar surface area (TPSA) is 82.0 Å². The van der Waals surface area contributed by atoms with Gasteiger partial charge in [-0.15, -0.1) is 0 Å². The number of hydrogen-bond acceptors (Lipinski definition) is 5. The zero-order chi connectivity index (χ0) is 18.9. The number of rotatable bonds is 5. The van der Waals surface area contributed by atoms with E-state index in [1.165, 1.54) is 0 Å². The minimum absolute atomic E-state index is 0.0246. The molecule has 25 heavy (non-hydrogen) atoms. The summed E-state index contributed by atoms with van der Waals surface area (Å²) < 4.78 is 0. The molecule has 0 aromatic heterocycles. The van der Waals surface area contributed by atoms with Crippen molar-refractivity contribution in [3.63, 3.8) is 0 Å². The van der Waals surface area contributed by atoms with Crippen molar-refractivity contribution in [1.29, 1.82) is 5.26 Å². The van der Waals surface area contributed by atoms with Crippen molar-refractivity contribution in [2.24, 2.45) is 5.41 Å². The molecule has 132 valence electrons. The van der Waals surface area contributed by atoms with E-state index in [1.54, 1.807) is 12.1 Å². The smallest absolute Gasteiger partial charge is 0.253 e. The van der Waals surface area contributed by atoms with Crippen molar-refractivity contribution in [3.05, 3.63) is 54.3 Å². The Bertz CT molecular complexity index is 889. The number of aryl methyl sites for hydroxylation is 1. The van der Waals surface area contributed by atoms with Crippen LogP contribution in [0.5, 0.6) is 0 Å². The molecule has 0 bridgehead atoms. The van der Waals surface area contributed by atoms with Crippen LogP contribution in [-0.2, 0) is 6.54 Å². The molecule has 2 rings (SSSR count). The van der Waals surface area contributed by atoms with Gasteiger partial charge in [0.15, 0.2) is 0 Å². The predicted molar refractivity (Wildman–Crippen MR) is 102 cm³/mol. The second-order valence-electron chi connectivity index (χ2n) is 7.36. The van der Waals surface area contributed by atoms with Crippen LogP contribution < -0.4 is 21.5 Å². The molecule has 1 atom stereocenters. The lowest BCUT2D eigenvalue weighted by atomic mass is 9.87. The number of benzene rings is 1. The van der Waals surface area contributed by atoms with Gasteiger partial charge in [0.2, 0.25) is 0 Å². The van der Waals surface area contributed by atoms with Crippen LogP contribution >= 0.6 is 11.6 Å². The van der Waals surface area contributed by atoms with Crippen LogP contribution in [0, 0.1) is 23.7 Å². The van der Waals surface area contributed by atoms with Gasteiger partial charge in [-0.2, -0.15) is 5.26 Å². The first-order chi connectivity index (χ1) is 11.6. The molecule has 5 nitrogen and oxygen atoms in total. The van der Waals surface area contributed by atoms with Gasteiger partial charge in [-0.3, -0.25) is 9.59 Å². The minimum atomic E-state index is -0.522. The van der Waals surface area contributed by atoms with Crippen LogP contribution in [0.4, 0.5) is 11.4 Å². The fourth-order valence-corrected chi connectivity index (χ4v) is 2.70. The number of hydrogen-bond donors (Lipinski definition) is 2. The Balaban J connectivity index is 2.21. The zero-order valence-corrected chi connectivity index (χ0v) is 15.8. The van der Waals surface area contributed by atoms with Gasteiger partial charge >= 0.3 is 0 Å². The third-order valence-electron chi connectivity index (χ3n) is 4.56. The van der Waals surface area contributed by atoms with Crippen molar-refractivity contribution in [2.75, 3.05) is 10.6 Å². The average molecular weight is 360 g/mol. The van der Waals surface area contributed by atoms with E-state index in [4.69, 9.17) is 16.9 Å². The van der Waals surface area contributed by atoms with Gasteiger partial charge in [-0.1, -0.05) is 32.4 Å². The van der Waals surface area contributed by atoms with Crippen molar-refractivity contribution < 1.29 is 0 Å². The summed E-state index contributed by atoms with van der Waals surface area (Å²) >= 11 is 6.23. The van der Waals surface area contributed by atoms with E-state index in [2.05, 4.69) is 37.5 Å². The molecular formula is C19H22ClN3O2. The van der Waals surface area contributed by atoms with Crippen LogP contribution in [0.15, 0.2) is 21.7 Å². The third kappa shape index (κ3) is 3.85. The monoisotopic (exact) mass is 359 g/mol. The van der Waals surface area contributed by atoms with Gasteiger partial charge in [0, 0.05) is 17.6 Å². The Hall–Kier alpha value is -2.32. The molecule has 2 N–H and O–H groups in total. The van der Waals surface area contributed by atoms with Gasteiger partial charge in [-0.25, -0.2) is 0 Å². The summed E-state index contributed by atoms with van der Waals surface area (Å²) in [6.07, 6.45) is 0. The number of anilines is 2. The summed E-state index contributed by atoms with van der Waals surface area (Å²) in [7, 11) is 0. The van der Waals surface area contributed by atoms with Gasteiger partial charge in [0.05, 0.1) is 11.6 Å². The van der Waals surface area contributed by atoms with Crippen LogP contribution in [0.2, 0.25) is 5.02 Å². The Morgan fingerprint density at radius 2 is 1.80 bits per heavy atom. The fraction of sp³-hybridized carbons (Fsp3) is 0.421. The van der Waals surface area contributed by atoms with Gasteiger partial charge in [0.25, 0.3) is 10.9 Å². The first kappa shape index (κ1) is 19.0. The quantitative estimate of drug-likeness (QED) is 0.797. The minimum Gasteiger partial charge on any atom is -0.377 e. The first-order valence-corrected chi connectivity index (χ1v) is 8.47. The molecule has 0 fully saturated rings. The molecule has 0 radical (unpaired) electrons. The average Bonchev–Trinajstić information content (AvgIpc) is 2.54. The Kier molecular flexibility index (Phi) is 5.24. The second-order valence-corrected chi connectivity index (χ2v) is 7.77.